The number of aromatic nitrogens is 1. The van der Waals surface area contributed by atoms with Gasteiger partial charge in [0.05, 0.1) is 5.69 Å². The molecule has 1 heterocycles. The van der Waals surface area contributed by atoms with E-state index in [0.717, 1.165) is 29.8 Å². The predicted octanol–water partition coefficient (Wildman–Crippen LogP) is 3.11. The fourth-order valence-corrected chi connectivity index (χ4v) is 3.50. The molecule has 0 amide bonds. The van der Waals surface area contributed by atoms with E-state index < -0.39 is 5.97 Å². The van der Waals surface area contributed by atoms with Crippen LogP contribution in [0.4, 0.5) is 0 Å². The largest absolute Gasteiger partial charge is 0.476 e. The van der Waals surface area contributed by atoms with Crippen LogP contribution in [0.1, 0.15) is 38.3 Å². The standard InChI is InChI=1S/C14H13NO2S/c16-14(17)13-15-11-7-6-10(8-12(11)18-13)9-4-2-1-3-5-9/h1-5,10H,6-8H2,(H,16,17). The van der Waals surface area contributed by atoms with Gasteiger partial charge in [-0.15, -0.1) is 11.3 Å². The van der Waals surface area contributed by atoms with E-state index in [2.05, 4.69) is 29.2 Å². The van der Waals surface area contributed by atoms with E-state index >= 15 is 0 Å². The Morgan fingerprint density at radius 3 is 2.83 bits per heavy atom. The van der Waals surface area contributed by atoms with Crippen molar-refractivity contribution in [2.24, 2.45) is 0 Å². The number of nitrogens with zero attached hydrogens (tertiary/aromatic N) is 1. The summed E-state index contributed by atoms with van der Waals surface area (Å²) in [5.74, 6) is -0.411. The molecule has 1 unspecified atom stereocenters. The molecule has 0 spiro atoms. The molecular formula is C14H13NO2S. The third kappa shape index (κ3) is 2.04. The highest BCUT2D eigenvalue weighted by molar-refractivity contribution is 7.13. The van der Waals surface area contributed by atoms with Gasteiger partial charge in [0.2, 0.25) is 5.01 Å². The summed E-state index contributed by atoms with van der Waals surface area (Å²) in [4.78, 5) is 16.3. The Morgan fingerprint density at radius 1 is 1.33 bits per heavy atom. The Labute approximate surface area is 109 Å². The first-order chi connectivity index (χ1) is 8.74. The number of carbonyl (C=O) groups is 1. The van der Waals surface area contributed by atoms with E-state index in [4.69, 9.17) is 5.11 Å². The van der Waals surface area contributed by atoms with E-state index in [-0.39, 0.29) is 5.01 Å². The number of rotatable bonds is 2. The molecule has 0 saturated carbocycles. The van der Waals surface area contributed by atoms with Gasteiger partial charge in [-0.1, -0.05) is 30.3 Å². The molecule has 4 heteroatoms. The van der Waals surface area contributed by atoms with Gasteiger partial charge in [0.15, 0.2) is 0 Å². The minimum atomic E-state index is -0.911. The summed E-state index contributed by atoms with van der Waals surface area (Å²) in [5, 5.41) is 9.20. The van der Waals surface area contributed by atoms with Gasteiger partial charge in [-0.2, -0.15) is 0 Å². The fourth-order valence-electron chi connectivity index (χ4n) is 2.48. The molecule has 0 fully saturated rings. The number of fused-ring (bicyclic) bond motifs is 1. The van der Waals surface area contributed by atoms with Crippen molar-refractivity contribution in [3.05, 3.63) is 51.5 Å². The smallest absolute Gasteiger partial charge is 0.365 e. The number of benzene rings is 1. The Bertz CT molecular complexity index is 577. The highest BCUT2D eigenvalue weighted by atomic mass is 32.1. The zero-order chi connectivity index (χ0) is 12.5. The molecule has 0 radical (unpaired) electrons. The summed E-state index contributed by atoms with van der Waals surface area (Å²) in [6, 6.07) is 10.4. The third-order valence-corrected chi connectivity index (χ3v) is 4.50. The van der Waals surface area contributed by atoms with Crippen molar-refractivity contribution >= 4 is 17.3 Å². The van der Waals surface area contributed by atoms with Crippen LogP contribution in [0.25, 0.3) is 0 Å². The van der Waals surface area contributed by atoms with Crippen molar-refractivity contribution in [2.45, 2.75) is 25.2 Å². The van der Waals surface area contributed by atoms with Gasteiger partial charge in [0.25, 0.3) is 0 Å². The van der Waals surface area contributed by atoms with Crippen LogP contribution in [0, 0.1) is 0 Å². The second-order valence-corrected chi connectivity index (χ2v) is 5.63. The normalized spacial score (nSPS) is 18.3. The summed E-state index contributed by atoms with van der Waals surface area (Å²) < 4.78 is 0. The summed E-state index contributed by atoms with van der Waals surface area (Å²) >= 11 is 1.33. The minimum absolute atomic E-state index is 0.230. The van der Waals surface area contributed by atoms with E-state index in [1.54, 1.807) is 0 Å². The van der Waals surface area contributed by atoms with E-state index in [1.807, 2.05) is 6.07 Å². The molecule has 92 valence electrons. The van der Waals surface area contributed by atoms with Crippen molar-refractivity contribution in [1.82, 2.24) is 4.98 Å². The van der Waals surface area contributed by atoms with Gasteiger partial charge in [-0.05, 0) is 30.7 Å². The Kier molecular flexibility index (Phi) is 2.88. The average Bonchev–Trinajstić information content (AvgIpc) is 2.82. The summed E-state index contributed by atoms with van der Waals surface area (Å²) in [6.07, 6.45) is 2.86. The van der Waals surface area contributed by atoms with Gasteiger partial charge >= 0.3 is 5.97 Å². The molecule has 18 heavy (non-hydrogen) atoms. The van der Waals surface area contributed by atoms with Gasteiger partial charge in [-0.3, -0.25) is 0 Å². The van der Waals surface area contributed by atoms with E-state index in [9.17, 15) is 4.79 Å². The molecule has 1 aliphatic carbocycles. The lowest BCUT2D eigenvalue weighted by atomic mass is 9.85. The average molecular weight is 259 g/mol. The highest BCUT2D eigenvalue weighted by Gasteiger charge is 2.25. The number of hydrogen-bond donors (Lipinski definition) is 1. The zero-order valence-corrected chi connectivity index (χ0v) is 10.6. The summed E-state index contributed by atoms with van der Waals surface area (Å²) in [7, 11) is 0. The fraction of sp³-hybridized carbons (Fsp3) is 0.286. The maximum absolute atomic E-state index is 10.9. The monoisotopic (exact) mass is 259 g/mol. The first-order valence-electron chi connectivity index (χ1n) is 6.01. The molecule has 1 aliphatic rings. The van der Waals surface area contributed by atoms with Gasteiger partial charge < -0.3 is 5.11 Å². The van der Waals surface area contributed by atoms with Crippen LogP contribution in [0.2, 0.25) is 0 Å². The number of carboxylic acid groups (broad SMARTS) is 1. The van der Waals surface area contributed by atoms with Crippen LogP contribution in [0.15, 0.2) is 30.3 Å². The molecule has 0 saturated heterocycles. The number of hydrogen-bond acceptors (Lipinski definition) is 3. The van der Waals surface area contributed by atoms with E-state index in [1.165, 1.54) is 16.9 Å². The molecule has 1 atom stereocenters. The van der Waals surface area contributed by atoms with Crippen molar-refractivity contribution in [3.63, 3.8) is 0 Å². The topological polar surface area (TPSA) is 50.2 Å². The molecule has 3 nitrogen and oxygen atoms in total. The van der Waals surface area contributed by atoms with Crippen LogP contribution in [0.5, 0.6) is 0 Å². The molecule has 1 aromatic heterocycles. The lowest BCUT2D eigenvalue weighted by molar-refractivity contribution is 0.0696. The maximum Gasteiger partial charge on any atom is 0.365 e. The predicted molar refractivity (Wildman–Crippen MR) is 70.3 cm³/mol. The lowest BCUT2D eigenvalue weighted by Crippen LogP contribution is -2.11. The number of aromatic carboxylic acids is 1. The Hall–Kier alpha value is -1.68. The van der Waals surface area contributed by atoms with Gasteiger partial charge in [-0.25, -0.2) is 9.78 Å². The molecule has 1 N–H and O–H groups in total. The minimum Gasteiger partial charge on any atom is -0.476 e. The van der Waals surface area contributed by atoms with Crippen molar-refractivity contribution in [1.29, 1.82) is 0 Å². The van der Waals surface area contributed by atoms with Crippen molar-refractivity contribution < 1.29 is 9.90 Å². The van der Waals surface area contributed by atoms with Crippen LogP contribution in [0.3, 0.4) is 0 Å². The van der Waals surface area contributed by atoms with Crippen LogP contribution in [-0.2, 0) is 12.8 Å². The summed E-state index contributed by atoms with van der Waals surface area (Å²) in [5.41, 5.74) is 2.33. The third-order valence-electron chi connectivity index (χ3n) is 3.39. The SMILES string of the molecule is O=C(O)c1nc2c(s1)CC(c1ccccc1)CC2. The van der Waals surface area contributed by atoms with E-state index in [0.29, 0.717) is 5.92 Å². The molecule has 2 aromatic rings. The highest BCUT2D eigenvalue weighted by Crippen LogP contribution is 2.35. The van der Waals surface area contributed by atoms with Crippen molar-refractivity contribution in [3.8, 4) is 0 Å². The second-order valence-electron chi connectivity index (χ2n) is 4.54. The Balaban J connectivity index is 1.87. The Morgan fingerprint density at radius 2 is 2.11 bits per heavy atom. The lowest BCUT2D eigenvalue weighted by Gasteiger charge is -2.21. The first kappa shape index (κ1) is 11.4. The van der Waals surface area contributed by atoms with Gasteiger partial charge in [0, 0.05) is 4.88 Å². The quantitative estimate of drug-likeness (QED) is 0.901. The molecule has 0 bridgehead atoms. The number of thiazole rings is 1. The molecule has 3 rings (SSSR count). The summed E-state index contributed by atoms with van der Waals surface area (Å²) in [6.45, 7) is 0. The van der Waals surface area contributed by atoms with Crippen molar-refractivity contribution in [2.75, 3.05) is 0 Å². The van der Waals surface area contributed by atoms with Crippen LogP contribution < -0.4 is 0 Å². The zero-order valence-electron chi connectivity index (χ0n) is 9.80. The van der Waals surface area contributed by atoms with Gasteiger partial charge in [0.1, 0.15) is 0 Å². The maximum atomic E-state index is 10.9. The second kappa shape index (κ2) is 4.53. The number of carboxylic acids is 1. The molecule has 1 aromatic carbocycles. The molecular weight excluding hydrogens is 246 g/mol. The van der Waals surface area contributed by atoms with Crippen LogP contribution >= 0.6 is 11.3 Å². The van der Waals surface area contributed by atoms with Crippen LogP contribution in [-0.4, -0.2) is 16.1 Å². The number of aryl methyl sites for hydroxylation is 1. The first-order valence-corrected chi connectivity index (χ1v) is 6.82. The molecule has 0 aliphatic heterocycles.